The lowest BCUT2D eigenvalue weighted by atomic mass is 9.98. The van der Waals surface area contributed by atoms with Gasteiger partial charge in [0.05, 0.1) is 24.5 Å². The summed E-state index contributed by atoms with van der Waals surface area (Å²) in [5.74, 6) is -0.437. The molecule has 1 aliphatic heterocycles. The van der Waals surface area contributed by atoms with Crippen LogP contribution in [-0.2, 0) is 19.6 Å². The number of rotatable bonds is 7. The third-order valence-corrected chi connectivity index (χ3v) is 8.97. The van der Waals surface area contributed by atoms with Gasteiger partial charge >= 0.3 is 5.97 Å². The maximum atomic E-state index is 13.3. The van der Waals surface area contributed by atoms with E-state index >= 15 is 0 Å². The number of carbonyl (C=O) groups excluding carboxylic acids is 2. The molecule has 0 saturated carbocycles. The van der Waals surface area contributed by atoms with Crippen LogP contribution in [0.15, 0.2) is 47.4 Å². The molecule has 1 unspecified atom stereocenters. The van der Waals surface area contributed by atoms with Crippen molar-refractivity contribution in [3.05, 3.63) is 52.9 Å². The average molecular weight is 517 g/mol. The predicted octanol–water partition coefficient (Wildman–Crippen LogP) is 4.43. The van der Waals surface area contributed by atoms with Crippen molar-refractivity contribution in [2.24, 2.45) is 5.92 Å². The van der Waals surface area contributed by atoms with E-state index in [1.807, 2.05) is 19.9 Å². The minimum Gasteiger partial charge on any atom is -0.494 e. The van der Waals surface area contributed by atoms with E-state index in [-0.39, 0.29) is 17.3 Å². The molecular weight excluding hydrogens is 488 g/mol. The van der Waals surface area contributed by atoms with E-state index < -0.39 is 21.9 Å². The van der Waals surface area contributed by atoms with Crippen molar-refractivity contribution in [3.63, 3.8) is 0 Å². The minimum absolute atomic E-state index is 0.119. The highest BCUT2D eigenvalue weighted by Gasteiger charge is 2.33. The van der Waals surface area contributed by atoms with Crippen molar-refractivity contribution < 1.29 is 27.5 Å². The lowest BCUT2D eigenvalue weighted by molar-refractivity contribution is -0.120. The summed E-state index contributed by atoms with van der Waals surface area (Å²) in [5, 5.41) is 3.74. The zero-order valence-electron chi connectivity index (χ0n) is 19.9. The van der Waals surface area contributed by atoms with Crippen LogP contribution >= 0.6 is 11.3 Å². The molecule has 1 saturated heterocycles. The topological polar surface area (TPSA) is 102 Å². The molecule has 1 atom stereocenters. The zero-order chi connectivity index (χ0) is 25.2. The van der Waals surface area contributed by atoms with Crippen LogP contribution in [0.4, 0.5) is 5.69 Å². The Morgan fingerprint density at radius 2 is 1.97 bits per heavy atom. The van der Waals surface area contributed by atoms with Gasteiger partial charge in [-0.05, 0) is 80.1 Å². The molecule has 1 fully saturated rings. The van der Waals surface area contributed by atoms with Gasteiger partial charge in [0.1, 0.15) is 10.6 Å². The summed E-state index contributed by atoms with van der Waals surface area (Å²) in [4.78, 5) is 25.5. The van der Waals surface area contributed by atoms with Crippen LogP contribution in [0.1, 0.15) is 35.0 Å². The Labute approximate surface area is 208 Å². The molecule has 0 bridgehead atoms. The zero-order valence-corrected chi connectivity index (χ0v) is 21.5. The van der Waals surface area contributed by atoms with Gasteiger partial charge in [0.2, 0.25) is 15.9 Å². The summed E-state index contributed by atoms with van der Waals surface area (Å²) >= 11 is 1.32. The number of benzene rings is 2. The first-order valence-corrected chi connectivity index (χ1v) is 13.6. The third kappa shape index (κ3) is 5.34. The van der Waals surface area contributed by atoms with E-state index in [1.54, 1.807) is 36.4 Å². The standard InChI is InChI=1S/C25H28N2O6S2/c1-4-33-21-9-8-20(12-16(21)2)35(30,31)27-11-5-6-17(15-27)24(28)26-19-7-10-22-18(13-19)14-23(34-22)25(29)32-3/h7-10,12-14,17H,4-6,11,15H2,1-3H3,(H,26,28). The molecule has 35 heavy (non-hydrogen) atoms. The van der Waals surface area contributed by atoms with Gasteiger partial charge in [0, 0.05) is 23.5 Å². The van der Waals surface area contributed by atoms with Crippen LogP contribution in [0.5, 0.6) is 5.75 Å². The molecule has 10 heteroatoms. The van der Waals surface area contributed by atoms with Crippen molar-refractivity contribution in [2.45, 2.75) is 31.6 Å². The molecule has 1 amide bonds. The quantitative estimate of drug-likeness (QED) is 0.466. The lowest BCUT2D eigenvalue weighted by Gasteiger charge is -2.31. The highest BCUT2D eigenvalue weighted by Crippen LogP contribution is 2.30. The normalized spacial score (nSPS) is 16.7. The number of methoxy groups -OCH3 is 1. The second-order valence-electron chi connectivity index (χ2n) is 8.41. The SMILES string of the molecule is CCOc1ccc(S(=O)(=O)N2CCCC(C(=O)Nc3ccc4sc(C(=O)OC)cc4c3)C2)cc1C. The fourth-order valence-electron chi connectivity index (χ4n) is 4.19. The Bertz CT molecular complexity index is 1370. The van der Waals surface area contributed by atoms with Gasteiger partial charge in [-0.25, -0.2) is 13.2 Å². The van der Waals surface area contributed by atoms with Crippen LogP contribution < -0.4 is 10.1 Å². The molecule has 2 aromatic carbocycles. The Balaban J connectivity index is 1.47. The van der Waals surface area contributed by atoms with E-state index in [4.69, 9.17) is 9.47 Å². The number of esters is 1. The van der Waals surface area contributed by atoms with E-state index in [1.165, 1.54) is 22.8 Å². The number of carbonyl (C=O) groups is 2. The van der Waals surface area contributed by atoms with Crippen LogP contribution in [0.3, 0.4) is 0 Å². The Hall–Kier alpha value is -2.95. The summed E-state index contributed by atoms with van der Waals surface area (Å²) < 4.78 is 39.1. The second-order valence-corrected chi connectivity index (χ2v) is 11.4. The number of hydrogen-bond donors (Lipinski definition) is 1. The number of sulfonamides is 1. The number of amides is 1. The van der Waals surface area contributed by atoms with Gasteiger partial charge in [-0.2, -0.15) is 4.31 Å². The minimum atomic E-state index is -3.74. The van der Waals surface area contributed by atoms with E-state index in [0.29, 0.717) is 42.3 Å². The van der Waals surface area contributed by atoms with Gasteiger partial charge in [0.15, 0.2) is 0 Å². The first-order chi connectivity index (χ1) is 16.7. The molecule has 0 spiro atoms. The van der Waals surface area contributed by atoms with Crippen molar-refractivity contribution in [3.8, 4) is 5.75 Å². The molecule has 1 N–H and O–H groups in total. The van der Waals surface area contributed by atoms with Crippen LogP contribution in [-0.4, -0.2) is 51.4 Å². The second kappa shape index (κ2) is 10.3. The summed E-state index contributed by atoms with van der Waals surface area (Å²) in [6, 6.07) is 12.0. The summed E-state index contributed by atoms with van der Waals surface area (Å²) in [6.07, 6.45) is 1.20. The van der Waals surface area contributed by atoms with E-state index in [0.717, 1.165) is 15.6 Å². The van der Waals surface area contributed by atoms with Gasteiger partial charge in [-0.1, -0.05) is 0 Å². The number of nitrogens with zero attached hydrogens (tertiary/aromatic N) is 1. The molecule has 2 heterocycles. The average Bonchev–Trinajstić information content (AvgIpc) is 3.28. The van der Waals surface area contributed by atoms with Gasteiger partial charge < -0.3 is 14.8 Å². The van der Waals surface area contributed by atoms with Gasteiger partial charge in [-0.15, -0.1) is 11.3 Å². The van der Waals surface area contributed by atoms with Crippen molar-refractivity contribution in [1.82, 2.24) is 4.31 Å². The van der Waals surface area contributed by atoms with E-state index in [2.05, 4.69) is 5.32 Å². The third-order valence-electron chi connectivity index (χ3n) is 6.01. The smallest absolute Gasteiger partial charge is 0.348 e. The molecule has 3 aromatic rings. The lowest BCUT2D eigenvalue weighted by Crippen LogP contribution is -2.43. The molecule has 0 aliphatic carbocycles. The first kappa shape index (κ1) is 25.2. The van der Waals surface area contributed by atoms with E-state index in [9.17, 15) is 18.0 Å². The molecule has 1 aromatic heterocycles. The number of aryl methyl sites for hydroxylation is 1. The van der Waals surface area contributed by atoms with Gasteiger partial charge in [0.25, 0.3) is 0 Å². The number of anilines is 1. The highest BCUT2D eigenvalue weighted by atomic mass is 32.2. The fraction of sp³-hybridized carbons (Fsp3) is 0.360. The largest absolute Gasteiger partial charge is 0.494 e. The summed E-state index contributed by atoms with van der Waals surface area (Å²) in [7, 11) is -2.40. The van der Waals surface area contributed by atoms with Crippen LogP contribution in [0, 0.1) is 12.8 Å². The number of fused-ring (bicyclic) bond motifs is 1. The molecule has 1 aliphatic rings. The molecule has 186 valence electrons. The molecular formula is C25H28N2O6S2. The van der Waals surface area contributed by atoms with Crippen molar-refractivity contribution in [1.29, 1.82) is 0 Å². The summed E-state index contributed by atoms with van der Waals surface area (Å²) in [5.41, 5.74) is 1.34. The van der Waals surface area contributed by atoms with Crippen LogP contribution in [0.25, 0.3) is 10.1 Å². The molecule has 0 radical (unpaired) electrons. The maximum Gasteiger partial charge on any atom is 0.348 e. The number of thiophene rings is 1. The van der Waals surface area contributed by atoms with Crippen molar-refractivity contribution >= 4 is 49.0 Å². The maximum absolute atomic E-state index is 13.3. The van der Waals surface area contributed by atoms with Gasteiger partial charge in [-0.3, -0.25) is 4.79 Å². The number of ether oxygens (including phenoxy) is 2. The van der Waals surface area contributed by atoms with Crippen LogP contribution in [0.2, 0.25) is 0 Å². The Morgan fingerprint density at radius 1 is 1.17 bits per heavy atom. The Morgan fingerprint density at radius 3 is 2.69 bits per heavy atom. The molecule has 4 rings (SSSR count). The predicted molar refractivity (Wildman–Crippen MR) is 136 cm³/mol. The number of piperidine rings is 1. The first-order valence-electron chi connectivity index (χ1n) is 11.4. The van der Waals surface area contributed by atoms with Crippen molar-refractivity contribution in [2.75, 3.05) is 32.1 Å². The fourth-order valence-corrected chi connectivity index (χ4v) is 6.76. The number of hydrogen-bond acceptors (Lipinski definition) is 7. The molecule has 8 nitrogen and oxygen atoms in total. The monoisotopic (exact) mass is 516 g/mol. The highest BCUT2D eigenvalue weighted by molar-refractivity contribution is 7.89. The number of nitrogens with one attached hydrogen (secondary N) is 1. The Kier molecular flexibility index (Phi) is 7.44. The summed E-state index contributed by atoms with van der Waals surface area (Å²) in [6.45, 7) is 4.68.